The van der Waals surface area contributed by atoms with E-state index in [0.717, 1.165) is 0 Å². The fourth-order valence-corrected chi connectivity index (χ4v) is 2.65. The number of rotatable bonds is 4. The van der Waals surface area contributed by atoms with Gasteiger partial charge in [0, 0.05) is 25.2 Å². The Morgan fingerprint density at radius 1 is 1.27 bits per heavy atom. The third-order valence-electron chi connectivity index (χ3n) is 3.93. The largest absolute Gasteiger partial charge is 0.461 e. The number of amides is 1. The van der Waals surface area contributed by atoms with E-state index >= 15 is 0 Å². The third-order valence-corrected chi connectivity index (χ3v) is 3.93. The zero-order valence-electron chi connectivity index (χ0n) is 15.3. The van der Waals surface area contributed by atoms with Gasteiger partial charge in [-0.3, -0.25) is 14.9 Å². The Bertz CT molecular complexity index is 665. The first kappa shape index (κ1) is 19.7. The van der Waals surface area contributed by atoms with Crippen LogP contribution in [0.15, 0.2) is 24.3 Å². The fourth-order valence-electron chi connectivity index (χ4n) is 2.65. The van der Waals surface area contributed by atoms with Crippen LogP contribution in [0.3, 0.4) is 0 Å². The number of carbonyl (C=O) groups excluding carboxylic acids is 2. The van der Waals surface area contributed by atoms with Crippen molar-refractivity contribution in [3.8, 4) is 0 Å². The van der Waals surface area contributed by atoms with Crippen LogP contribution in [-0.2, 0) is 20.9 Å². The molecule has 1 saturated heterocycles. The Kier molecular flexibility index (Phi) is 6.18. The van der Waals surface area contributed by atoms with Crippen LogP contribution in [0, 0.1) is 16.0 Å². The van der Waals surface area contributed by atoms with Crippen LogP contribution in [0.2, 0.25) is 0 Å². The lowest BCUT2D eigenvalue weighted by Crippen LogP contribution is -2.45. The fraction of sp³-hybridized carbons (Fsp3) is 0.556. The highest BCUT2D eigenvalue weighted by Gasteiger charge is 2.31. The van der Waals surface area contributed by atoms with E-state index in [1.54, 1.807) is 32.9 Å². The van der Waals surface area contributed by atoms with Crippen molar-refractivity contribution in [2.75, 3.05) is 13.1 Å². The van der Waals surface area contributed by atoms with Gasteiger partial charge in [-0.2, -0.15) is 0 Å². The van der Waals surface area contributed by atoms with Crippen molar-refractivity contribution in [2.24, 2.45) is 5.92 Å². The van der Waals surface area contributed by atoms with Gasteiger partial charge in [-0.05, 0) is 51.3 Å². The molecule has 0 spiro atoms. The van der Waals surface area contributed by atoms with Crippen molar-refractivity contribution in [3.05, 3.63) is 39.9 Å². The monoisotopic (exact) mass is 364 g/mol. The van der Waals surface area contributed by atoms with E-state index in [4.69, 9.17) is 9.47 Å². The highest BCUT2D eigenvalue weighted by atomic mass is 16.6. The van der Waals surface area contributed by atoms with Crippen molar-refractivity contribution in [1.82, 2.24) is 4.90 Å². The van der Waals surface area contributed by atoms with Crippen LogP contribution in [0.25, 0.3) is 0 Å². The van der Waals surface area contributed by atoms with Gasteiger partial charge in [0.05, 0.1) is 10.8 Å². The summed E-state index contributed by atoms with van der Waals surface area (Å²) in [6.07, 6.45) is 0.931. The Hall–Kier alpha value is -2.64. The van der Waals surface area contributed by atoms with Gasteiger partial charge in [-0.15, -0.1) is 0 Å². The number of nitro groups is 1. The van der Waals surface area contributed by atoms with Crippen LogP contribution in [0.1, 0.15) is 39.2 Å². The zero-order chi connectivity index (χ0) is 19.3. The lowest BCUT2D eigenvalue weighted by Gasteiger charge is -2.33. The Balaban J connectivity index is 1.86. The van der Waals surface area contributed by atoms with Crippen LogP contribution >= 0.6 is 0 Å². The molecule has 0 saturated carbocycles. The minimum atomic E-state index is -0.583. The average Bonchev–Trinajstić information content (AvgIpc) is 2.58. The van der Waals surface area contributed by atoms with E-state index in [2.05, 4.69) is 0 Å². The van der Waals surface area contributed by atoms with Gasteiger partial charge in [0.15, 0.2) is 0 Å². The molecule has 0 aromatic heterocycles. The second-order valence-electron chi connectivity index (χ2n) is 7.30. The van der Waals surface area contributed by atoms with Crippen LogP contribution < -0.4 is 0 Å². The summed E-state index contributed by atoms with van der Waals surface area (Å²) in [5.41, 5.74) is 0.0737. The molecular weight excluding hydrogens is 340 g/mol. The first-order chi connectivity index (χ1) is 12.2. The minimum absolute atomic E-state index is 0.0136. The molecule has 1 atom stereocenters. The van der Waals surface area contributed by atoms with Gasteiger partial charge in [-0.1, -0.05) is 0 Å². The highest BCUT2D eigenvalue weighted by Crippen LogP contribution is 2.21. The maximum absolute atomic E-state index is 12.3. The molecule has 0 N–H and O–H groups in total. The Labute approximate surface area is 152 Å². The van der Waals surface area contributed by atoms with E-state index < -0.39 is 22.5 Å². The quantitative estimate of drug-likeness (QED) is 0.462. The van der Waals surface area contributed by atoms with Crippen LogP contribution in [0.5, 0.6) is 0 Å². The summed E-state index contributed by atoms with van der Waals surface area (Å²) in [7, 11) is 0. The summed E-state index contributed by atoms with van der Waals surface area (Å²) in [6, 6.07) is 5.85. The molecular formula is C18H24N2O6. The molecule has 0 bridgehead atoms. The number of hydrogen-bond donors (Lipinski definition) is 0. The zero-order valence-corrected chi connectivity index (χ0v) is 15.3. The molecule has 8 nitrogen and oxygen atoms in total. The number of hydrogen-bond acceptors (Lipinski definition) is 6. The van der Waals surface area contributed by atoms with Crippen molar-refractivity contribution in [1.29, 1.82) is 0 Å². The molecule has 1 fully saturated rings. The number of ether oxygens (including phenoxy) is 2. The molecule has 1 aromatic carbocycles. The highest BCUT2D eigenvalue weighted by molar-refractivity contribution is 5.75. The number of nitrogens with zero attached hydrogens (tertiary/aromatic N) is 2. The molecule has 142 valence electrons. The summed E-state index contributed by atoms with van der Waals surface area (Å²) in [5.74, 6) is -0.772. The van der Waals surface area contributed by atoms with Crippen LogP contribution in [0.4, 0.5) is 10.5 Å². The van der Waals surface area contributed by atoms with Crippen molar-refractivity contribution >= 4 is 17.7 Å². The number of nitro benzene ring substituents is 1. The molecule has 1 aromatic rings. The van der Waals surface area contributed by atoms with Gasteiger partial charge in [-0.25, -0.2) is 4.79 Å². The van der Waals surface area contributed by atoms with Crippen molar-refractivity contribution < 1.29 is 24.0 Å². The van der Waals surface area contributed by atoms with Gasteiger partial charge >= 0.3 is 12.1 Å². The normalized spacial score (nSPS) is 17.5. The SMILES string of the molecule is CC(C)(C)OC(=O)N1CCC[C@@H](C(=O)OCc2ccc([N+](=O)[O-])cc2)C1. The summed E-state index contributed by atoms with van der Waals surface area (Å²) in [6.45, 7) is 6.26. The van der Waals surface area contributed by atoms with E-state index in [1.165, 1.54) is 17.0 Å². The smallest absolute Gasteiger partial charge is 0.410 e. The molecule has 26 heavy (non-hydrogen) atoms. The van der Waals surface area contributed by atoms with Crippen molar-refractivity contribution in [3.63, 3.8) is 0 Å². The molecule has 0 radical (unpaired) electrons. The van der Waals surface area contributed by atoms with Gasteiger partial charge in [0.25, 0.3) is 5.69 Å². The lowest BCUT2D eigenvalue weighted by molar-refractivity contribution is -0.384. The lowest BCUT2D eigenvalue weighted by atomic mass is 9.98. The number of benzene rings is 1. The number of carbonyl (C=O) groups is 2. The predicted octanol–water partition coefficient (Wildman–Crippen LogP) is 3.29. The van der Waals surface area contributed by atoms with E-state index in [9.17, 15) is 19.7 Å². The second kappa shape index (κ2) is 8.16. The van der Waals surface area contributed by atoms with Crippen LogP contribution in [-0.4, -0.2) is 40.6 Å². The van der Waals surface area contributed by atoms with Gasteiger partial charge in [0.2, 0.25) is 0 Å². The predicted molar refractivity (Wildman–Crippen MR) is 93.4 cm³/mol. The van der Waals surface area contributed by atoms with E-state index in [-0.39, 0.29) is 24.8 Å². The number of non-ortho nitro benzene ring substituents is 1. The summed E-state index contributed by atoms with van der Waals surface area (Å²) < 4.78 is 10.7. The topological polar surface area (TPSA) is 99.0 Å². The average molecular weight is 364 g/mol. The summed E-state index contributed by atoms with van der Waals surface area (Å²) in [5, 5.41) is 10.6. The number of piperidine rings is 1. The molecule has 0 aliphatic carbocycles. The first-order valence-corrected chi connectivity index (χ1v) is 8.53. The van der Waals surface area contributed by atoms with E-state index in [1.807, 2.05) is 0 Å². The first-order valence-electron chi connectivity index (χ1n) is 8.53. The summed E-state index contributed by atoms with van der Waals surface area (Å²) in [4.78, 5) is 36.1. The maximum Gasteiger partial charge on any atom is 0.410 e. The molecule has 8 heteroatoms. The van der Waals surface area contributed by atoms with Gasteiger partial charge < -0.3 is 14.4 Å². The summed E-state index contributed by atoms with van der Waals surface area (Å²) >= 11 is 0. The maximum atomic E-state index is 12.3. The number of likely N-dealkylation sites (tertiary alicyclic amines) is 1. The minimum Gasteiger partial charge on any atom is -0.461 e. The Morgan fingerprint density at radius 2 is 1.92 bits per heavy atom. The van der Waals surface area contributed by atoms with Crippen molar-refractivity contribution in [2.45, 2.75) is 45.8 Å². The standard InChI is InChI=1S/C18H24N2O6/c1-18(2,3)26-17(22)19-10-4-5-14(11-19)16(21)25-12-13-6-8-15(9-7-13)20(23)24/h6-9,14H,4-5,10-12H2,1-3H3/t14-/m1/s1. The molecule has 1 amide bonds. The molecule has 1 aliphatic rings. The second-order valence-corrected chi connectivity index (χ2v) is 7.30. The number of esters is 1. The van der Waals surface area contributed by atoms with Gasteiger partial charge in [0.1, 0.15) is 12.2 Å². The molecule has 0 unspecified atom stereocenters. The third kappa shape index (κ3) is 5.72. The molecule has 2 rings (SSSR count). The Morgan fingerprint density at radius 3 is 2.50 bits per heavy atom. The van der Waals surface area contributed by atoms with E-state index in [0.29, 0.717) is 24.9 Å². The molecule has 1 aliphatic heterocycles. The molecule has 1 heterocycles.